The zero-order valence-corrected chi connectivity index (χ0v) is 23.0. The monoisotopic (exact) mass is 520 g/mol. The Kier molecular flexibility index (Phi) is 4.84. The lowest BCUT2D eigenvalue weighted by molar-refractivity contribution is -0.160. The maximum Gasteiger partial charge on any atom is 0.188 e. The third-order valence-electron chi connectivity index (χ3n) is 9.89. The number of Topliss-reactive ketones (excluding diaryl/α,β-unsaturated/α-hetero) is 1. The van der Waals surface area contributed by atoms with Crippen LogP contribution in [0.4, 0.5) is 0 Å². The molecular formula is C38H32O2. The second-order valence-electron chi connectivity index (χ2n) is 12.2. The summed E-state index contributed by atoms with van der Waals surface area (Å²) >= 11 is 0. The zero-order chi connectivity index (χ0) is 27.1. The van der Waals surface area contributed by atoms with Gasteiger partial charge in [0, 0.05) is 11.1 Å². The number of ketones is 1. The lowest BCUT2D eigenvalue weighted by atomic mass is 9.42. The summed E-state index contributed by atoms with van der Waals surface area (Å²) < 4.78 is 7.18. The van der Waals surface area contributed by atoms with E-state index in [4.69, 9.17) is 4.74 Å². The van der Waals surface area contributed by atoms with Crippen LogP contribution < -0.4 is 0 Å². The van der Waals surface area contributed by atoms with Crippen molar-refractivity contribution < 1.29 is 9.53 Å². The van der Waals surface area contributed by atoms with Crippen LogP contribution in [-0.4, -0.2) is 11.4 Å². The summed E-state index contributed by atoms with van der Waals surface area (Å²) in [6.07, 6.45) is 3.39. The van der Waals surface area contributed by atoms with Crippen molar-refractivity contribution in [3.63, 3.8) is 0 Å². The molecule has 2 atom stereocenters. The SMILES string of the molecule is Cc1cccc(C2=C(c3ccccc3)C34CCC3(OC(c3ccccc3)=C4c3cccc(C)c3)C(=O)C23CC3)c1. The van der Waals surface area contributed by atoms with Crippen molar-refractivity contribution in [3.8, 4) is 0 Å². The number of allylic oxidation sites excluding steroid dienone is 1. The summed E-state index contributed by atoms with van der Waals surface area (Å²) in [6.45, 7) is 4.29. The largest absolute Gasteiger partial charge is 0.477 e. The van der Waals surface area contributed by atoms with Gasteiger partial charge in [-0.3, -0.25) is 4.79 Å². The van der Waals surface area contributed by atoms with Crippen molar-refractivity contribution in [1.29, 1.82) is 0 Å². The minimum atomic E-state index is -0.883. The lowest BCUT2D eigenvalue weighted by Gasteiger charge is -2.60. The van der Waals surface area contributed by atoms with Gasteiger partial charge in [-0.1, -0.05) is 120 Å². The van der Waals surface area contributed by atoms with Crippen LogP contribution >= 0.6 is 0 Å². The highest BCUT2D eigenvalue weighted by Crippen LogP contribution is 2.80. The topological polar surface area (TPSA) is 26.3 Å². The van der Waals surface area contributed by atoms with Gasteiger partial charge >= 0.3 is 0 Å². The molecule has 1 heterocycles. The number of hydrogen-bond donors (Lipinski definition) is 0. The lowest BCUT2D eigenvalue weighted by Crippen LogP contribution is -2.66. The van der Waals surface area contributed by atoms with E-state index in [2.05, 4.69) is 117 Å². The average Bonchev–Trinajstić information content (AvgIpc) is 3.73. The molecule has 2 heteroatoms. The van der Waals surface area contributed by atoms with Gasteiger partial charge in [0.25, 0.3) is 0 Å². The molecule has 1 spiro atoms. The molecule has 2 unspecified atom stereocenters. The molecule has 0 saturated heterocycles. The fourth-order valence-electron chi connectivity index (χ4n) is 8.03. The van der Waals surface area contributed by atoms with Crippen molar-refractivity contribution in [2.24, 2.45) is 10.8 Å². The molecule has 40 heavy (non-hydrogen) atoms. The van der Waals surface area contributed by atoms with Crippen molar-refractivity contribution in [2.75, 3.05) is 0 Å². The molecule has 3 aliphatic carbocycles. The maximum atomic E-state index is 15.0. The zero-order valence-electron chi connectivity index (χ0n) is 23.0. The minimum Gasteiger partial charge on any atom is -0.477 e. The van der Waals surface area contributed by atoms with Crippen LogP contribution in [0.2, 0.25) is 0 Å². The van der Waals surface area contributed by atoms with Gasteiger partial charge in [-0.05, 0) is 67.4 Å². The van der Waals surface area contributed by atoms with Crippen molar-refractivity contribution in [1.82, 2.24) is 0 Å². The van der Waals surface area contributed by atoms with Gasteiger partial charge in [0.2, 0.25) is 0 Å². The molecule has 0 amide bonds. The maximum absolute atomic E-state index is 15.0. The molecule has 2 saturated carbocycles. The molecule has 0 N–H and O–H groups in total. The van der Waals surface area contributed by atoms with Gasteiger partial charge in [-0.2, -0.15) is 0 Å². The Morgan fingerprint density at radius 2 is 1.10 bits per heavy atom. The first-order chi connectivity index (χ1) is 19.5. The Balaban J connectivity index is 1.54. The number of ether oxygens (including phenoxy) is 1. The van der Waals surface area contributed by atoms with Crippen LogP contribution in [0.15, 0.2) is 109 Å². The molecule has 4 aromatic rings. The minimum absolute atomic E-state index is 0.290. The van der Waals surface area contributed by atoms with E-state index in [-0.39, 0.29) is 0 Å². The molecule has 2 nitrogen and oxygen atoms in total. The van der Waals surface area contributed by atoms with Crippen LogP contribution in [0.3, 0.4) is 0 Å². The van der Waals surface area contributed by atoms with E-state index in [1.807, 2.05) is 6.07 Å². The highest BCUT2D eigenvalue weighted by atomic mass is 16.5. The number of carbonyl (C=O) groups is 1. The Morgan fingerprint density at radius 1 is 0.550 bits per heavy atom. The molecule has 4 aromatic carbocycles. The van der Waals surface area contributed by atoms with Crippen LogP contribution in [0.1, 0.15) is 59.1 Å². The molecular weight excluding hydrogens is 488 g/mol. The molecule has 1 aliphatic heterocycles. The molecule has 0 radical (unpaired) electrons. The normalized spacial score (nSPS) is 25.8. The predicted octanol–water partition coefficient (Wildman–Crippen LogP) is 8.69. The standard InChI is InChI=1S/C38H32O2/c1-25-11-9-17-29(23-25)31-32(27-13-5-3-6-14-27)37-21-22-38(37,35(39)36(31)19-20-36)40-34(28-15-7-4-8-16-28)33(37)30-18-10-12-26(2)24-30/h3-18,23-24H,19-22H2,1-2H3. The first-order valence-electron chi connectivity index (χ1n) is 14.5. The molecule has 2 fully saturated rings. The molecule has 196 valence electrons. The van der Waals surface area contributed by atoms with Gasteiger partial charge in [0.1, 0.15) is 5.76 Å². The summed E-state index contributed by atoms with van der Waals surface area (Å²) in [5.41, 5.74) is 8.74. The quantitative estimate of drug-likeness (QED) is 0.269. The van der Waals surface area contributed by atoms with Crippen LogP contribution in [-0.2, 0) is 9.53 Å². The summed E-state index contributed by atoms with van der Waals surface area (Å²) in [5, 5.41) is 0. The molecule has 8 rings (SSSR count). The Bertz CT molecular complexity index is 1760. The summed E-state index contributed by atoms with van der Waals surface area (Å²) in [5.74, 6) is 1.16. The number of benzene rings is 4. The van der Waals surface area contributed by atoms with E-state index in [0.29, 0.717) is 5.78 Å². The van der Waals surface area contributed by atoms with E-state index in [0.717, 1.165) is 42.6 Å². The van der Waals surface area contributed by atoms with Crippen LogP contribution in [0.25, 0.3) is 22.5 Å². The fourth-order valence-corrected chi connectivity index (χ4v) is 8.03. The van der Waals surface area contributed by atoms with Crippen LogP contribution in [0.5, 0.6) is 0 Å². The van der Waals surface area contributed by atoms with Gasteiger partial charge in [0.15, 0.2) is 11.4 Å². The Hall–Kier alpha value is -4.17. The second-order valence-corrected chi connectivity index (χ2v) is 12.2. The van der Waals surface area contributed by atoms with Gasteiger partial charge in [-0.25, -0.2) is 0 Å². The fraction of sp³-hybridized carbons (Fsp3) is 0.237. The Morgan fingerprint density at radius 3 is 1.62 bits per heavy atom. The van der Waals surface area contributed by atoms with Crippen molar-refractivity contribution in [3.05, 3.63) is 143 Å². The van der Waals surface area contributed by atoms with Gasteiger partial charge in [0.05, 0.1) is 10.8 Å². The Labute approximate surface area is 236 Å². The predicted molar refractivity (Wildman–Crippen MR) is 161 cm³/mol. The third kappa shape index (κ3) is 2.92. The summed E-state index contributed by atoms with van der Waals surface area (Å²) in [4.78, 5) is 15.0. The molecule has 0 bridgehead atoms. The first kappa shape index (κ1) is 23.7. The van der Waals surface area contributed by atoms with Crippen LogP contribution in [0, 0.1) is 24.7 Å². The third-order valence-corrected chi connectivity index (χ3v) is 9.89. The number of aryl methyl sites for hydroxylation is 2. The molecule has 4 aliphatic rings. The van der Waals surface area contributed by atoms with E-state index in [1.54, 1.807) is 0 Å². The average molecular weight is 521 g/mol. The number of carbonyl (C=O) groups excluding carboxylic acids is 1. The summed E-state index contributed by atoms with van der Waals surface area (Å²) in [7, 11) is 0. The second kappa shape index (κ2) is 8.17. The van der Waals surface area contributed by atoms with Gasteiger partial charge in [-0.15, -0.1) is 0 Å². The van der Waals surface area contributed by atoms with Crippen molar-refractivity contribution >= 4 is 28.3 Å². The number of rotatable bonds is 4. The smallest absolute Gasteiger partial charge is 0.188 e. The molecule has 0 aromatic heterocycles. The highest BCUT2D eigenvalue weighted by Gasteiger charge is 2.80. The van der Waals surface area contributed by atoms with E-state index in [9.17, 15) is 0 Å². The van der Waals surface area contributed by atoms with E-state index < -0.39 is 16.4 Å². The summed E-state index contributed by atoms with van der Waals surface area (Å²) in [6, 6.07) is 38.8. The van der Waals surface area contributed by atoms with E-state index in [1.165, 1.54) is 39.0 Å². The highest BCUT2D eigenvalue weighted by molar-refractivity contribution is 6.23. The van der Waals surface area contributed by atoms with E-state index >= 15 is 4.79 Å². The van der Waals surface area contributed by atoms with Gasteiger partial charge < -0.3 is 4.74 Å². The first-order valence-corrected chi connectivity index (χ1v) is 14.5. The number of hydrogen-bond acceptors (Lipinski definition) is 2. The van der Waals surface area contributed by atoms with Crippen molar-refractivity contribution in [2.45, 2.75) is 45.1 Å².